The first-order valence-corrected chi connectivity index (χ1v) is 7.34. The molecule has 2 rings (SSSR count). The summed E-state index contributed by atoms with van der Waals surface area (Å²) in [5.74, 6) is -1.53. The first-order chi connectivity index (χ1) is 9.72. The number of nitrogens with zero attached hydrogens (tertiary/aromatic N) is 2. The highest BCUT2D eigenvalue weighted by Crippen LogP contribution is 2.35. The Labute approximate surface area is 134 Å². The number of rotatable bonds is 4. The van der Waals surface area contributed by atoms with Gasteiger partial charge < -0.3 is 10.4 Å². The summed E-state index contributed by atoms with van der Waals surface area (Å²) in [6, 6.07) is 1.46. The highest BCUT2D eigenvalue weighted by Gasteiger charge is 2.30. The van der Waals surface area contributed by atoms with Gasteiger partial charge in [-0.05, 0) is 19.9 Å². The second kappa shape index (κ2) is 5.75. The third kappa shape index (κ3) is 3.25. The molecule has 1 aromatic carbocycles. The SMILES string of the molecule is CC(C)(CC(=O)Nc1c(Cl)cc(Cl)c2nsnc12)C(=O)O. The van der Waals surface area contributed by atoms with Crippen molar-refractivity contribution in [2.45, 2.75) is 20.3 Å². The number of anilines is 1. The lowest BCUT2D eigenvalue weighted by Gasteiger charge is -2.18. The van der Waals surface area contributed by atoms with Gasteiger partial charge >= 0.3 is 5.97 Å². The summed E-state index contributed by atoms with van der Waals surface area (Å²) in [7, 11) is 0. The third-order valence-corrected chi connectivity index (χ3v) is 4.00. The number of carbonyl (C=O) groups is 2. The number of carbonyl (C=O) groups excluding carboxylic acids is 1. The van der Waals surface area contributed by atoms with Gasteiger partial charge in [-0.25, -0.2) is 0 Å². The maximum absolute atomic E-state index is 12.0. The van der Waals surface area contributed by atoms with Crippen molar-refractivity contribution in [3.63, 3.8) is 0 Å². The van der Waals surface area contributed by atoms with Crippen LogP contribution in [0.3, 0.4) is 0 Å². The fourth-order valence-electron chi connectivity index (χ4n) is 1.65. The molecule has 6 nitrogen and oxygen atoms in total. The molecular formula is C12H11Cl2N3O3S. The summed E-state index contributed by atoms with van der Waals surface area (Å²) in [6.07, 6.45) is -0.194. The second-order valence-electron chi connectivity index (χ2n) is 5.09. The Hall–Kier alpha value is -1.44. The molecule has 0 saturated carbocycles. The zero-order valence-electron chi connectivity index (χ0n) is 11.1. The van der Waals surface area contributed by atoms with Crippen LogP contribution in [-0.2, 0) is 9.59 Å². The van der Waals surface area contributed by atoms with Crippen LogP contribution in [0.2, 0.25) is 10.0 Å². The van der Waals surface area contributed by atoms with Crippen molar-refractivity contribution in [3.8, 4) is 0 Å². The Balaban J connectivity index is 2.30. The normalized spacial score (nSPS) is 11.6. The van der Waals surface area contributed by atoms with E-state index in [0.717, 1.165) is 11.7 Å². The number of nitrogens with one attached hydrogen (secondary N) is 1. The molecule has 0 atom stereocenters. The van der Waals surface area contributed by atoms with Crippen molar-refractivity contribution >= 4 is 63.5 Å². The average Bonchev–Trinajstić information content (AvgIpc) is 2.83. The summed E-state index contributed by atoms with van der Waals surface area (Å²) in [6.45, 7) is 2.94. The van der Waals surface area contributed by atoms with Gasteiger partial charge in [0.1, 0.15) is 11.0 Å². The molecule has 0 saturated heterocycles. The van der Waals surface area contributed by atoms with Crippen molar-refractivity contribution in [1.82, 2.24) is 8.75 Å². The lowest BCUT2D eigenvalue weighted by Crippen LogP contribution is -2.29. The van der Waals surface area contributed by atoms with Crippen LogP contribution in [0.15, 0.2) is 6.07 Å². The first kappa shape index (κ1) is 15.9. The molecule has 0 unspecified atom stereocenters. The van der Waals surface area contributed by atoms with Crippen LogP contribution in [0.1, 0.15) is 20.3 Å². The number of benzene rings is 1. The number of carboxylic acid groups (broad SMARTS) is 1. The molecular weight excluding hydrogens is 337 g/mol. The van der Waals surface area contributed by atoms with Gasteiger partial charge in [0.05, 0.1) is 32.9 Å². The highest BCUT2D eigenvalue weighted by molar-refractivity contribution is 7.00. The predicted molar refractivity (Wildman–Crippen MR) is 82.1 cm³/mol. The lowest BCUT2D eigenvalue weighted by molar-refractivity contribution is -0.148. The monoisotopic (exact) mass is 347 g/mol. The minimum absolute atomic E-state index is 0.194. The summed E-state index contributed by atoms with van der Waals surface area (Å²) in [4.78, 5) is 23.1. The largest absolute Gasteiger partial charge is 0.481 e. The summed E-state index contributed by atoms with van der Waals surface area (Å²) < 4.78 is 8.08. The van der Waals surface area contributed by atoms with Crippen LogP contribution in [0.25, 0.3) is 11.0 Å². The van der Waals surface area contributed by atoms with Gasteiger partial charge in [-0.1, -0.05) is 23.2 Å². The summed E-state index contributed by atoms with van der Waals surface area (Å²) in [5.41, 5.74) is -0.0588. The van der Waals surface area contributed by atoms with Gasteiger partial charge in [0.15, 0.2) is 0 Å². The second-order valence-corrected chi connectivity index (χ2v) is 6.43. The van der Waals surface area contributed by atoms with E-state index in [1.807, 2.05) is 0 Å². The van der Waals surface area contributed by atoms with Crippen LogP contribution in [-0.4, -0.2) is 25.7 Å². The molecule has 0 fully saturated rings. The minimum atomic E-state index is -1.18. The van der Waals surface area contributed by atoms with Gasteiger partial charge in [-0.15, -0.1) is 0 Å². The Morgan fingerprint density at radius 2 is 1.90 bits per heavy atom. The highest BCUT2D eigenvalue weighted by atomic mass is 35.5. The van der Waals surface area contributed by atoms with E-state index in [2.05, 4.69) is 14.1 Å². The van der Waals surface area contributed by atoms with E-state index in [9.17, 15) is 9.59 Å². The van der Waals surface area contributed by atoms with Gasteiger partial charge in [0.25, 0.3) is 0 Å². The zero-order valence-corrected chi connectivity index (χ0v) is 13.4. The van der Waals surface area contributed by atoms with E-state index in [1.165, 1.54) is 19.9 Å². The van der Waals surface area contributed by atoms with E-state index < -0.39 is 17.3 Å². The maximum Gasteiger partial charge on any atom is 0.309 e. The molecule has 0 bridgehead atoms. The predicted octanol–water partition coefficient (Wildman–Crippen LogP) is 3.44. The van der Waals surface area contributed by atoms with E-state index in [0.29, 0.717) is 16.1 Å². The quantitative estimate of drug-likeness (QED) is 0.883. The Morgan fingerprint density at radius 3 is 2.52 bits per heavy atom. The lowest BCUT2D eigenvalue weighted by atomic mass is 9.89. The molecule has 0 radical (unpaired) electrons. The van der Waals surface area contributed by atoms with Crippen LogP contribution in [0, 0.1) is 5.41 Å². The molecule has 1 amide bonds. The maximum atomic E-state index is 12.0. The van der Waals surface area contributed by atoms with E-state index in [-0.39, 0.29) is 17.1 Å². The average molecular weight is 348 g/mol. The number of hydrogen-bond acceptors (Lipinski definition) is 5. The summed E-state index contributed by atoms with van der Waals surface area (Å²) >= 11 is 13.0. The van der Waals surface area contributed by atoms with E-state index in [1.54, 1.807) is 0 Å². The fourth-order valence-corrected chi connectivity index (χ4v) is 2.81. The van der Waals surface area contributed by atoms with Crippen molar-refractivity contribution in [2.24, 2.45) is 5.41 Å². The van der Waals surface area contributed by atoms with Crippen LogP contribution < -0.4 is 5.32 Å². The number of fused-ring (bicyclic) bond motifs is 1. The summed E-state index contributed by atoms with van der Waals surface area (Å²) in [5, 5.41) is 12.2. The molecule has 112 valence electrons. The van der Waals surface area contributed by atoms with Crippen molar-refractivity contribution in [2.75, 3.05) is 5.32 Å². The van der Waals surface area contributed by atoms with Crippen molar-refractivity contribution in [3.05, 3.63) is 16.1 Å². The number of halogens is 2. The minimum Gasteiger partial charge on any atom is -0.481 e. The van der Waals surface area contributed by atoms with Gasteiger partial charge in [0, 0.05) is 6.42 Å². The van der Waals surface area contributed by atoms with Gasteiger partial charge in [0.2, 0.25) is 5.91 Å². The van der Waals surface area contributed by atoms with Crippen molar-refractivity contribution < 1.29 is 14.7 Å². The van der Waals surface area contributed by atoms with Gasteiger partial charge in [-0.2, -0.15) is 8.75 Å². The third-order valence-electron chi connectivity index (χ3n) is 2.89. The van der Waals surface area contributed by atoms with Crippen LogP contribution in [0.5, 0.6) is 0 Å². The number of hydrogen-bond donors (Lipinski definition) is 2. The Morgan fingerprint density at radius 1 is 1.29 bits per heavy atom. The smallest absolute Gasteiger partial charge is 0.309 e. The van der Waals surface area contributed by atoms with Crippen LogP contribution >= 0.6 is 34.9 Å². The molecule has 1 aromatic heterocycles. The Bertz CT molecular complexity index is 730. The molecule has 21 heavy (non-hydrogen) atoms. The molecule has 0 aliphatic rings. The molecule has 0 aliphatic heterocycles. The molecule has 0 aliphatic carbocycles. The topological polar surface area (TPSA) is 92.2 Å². The molecule has 2 aromatic rings. The fraction of sp³-hybridized carbons (Fsp3) is 0.333. The number of aromatic nitrogens is 2. The van der Waals surface area contributed by atoms with Crippen LogP contribution in [0.4, 0.5) is 5.69 Å². The molecule has 9 heteroatoms. The Kier molecular flexibility index (Phi) is 4.36. The van der Waals surface area contributed by atoms with Crippen molar-refractivity contribution in [1.29, 1.82) is 0 Å². The number of carboxylic acids is 1. The number of amides is 1. The number of aliphatic carboxylic acids is 1. The first-order valence-electron chi connectivity index (χ1n) is 5.86. The zero-order chi connectivity index (χ0) is 15.8. The molecule has 1 heterocycles. The van der Waals surface area contributed by atoms with Gasteiger partial charge in [-0.3, -0.25) is 9.59 Å². The molecule has 0 spiro atoms. The van der Waals surface area contributed by atoms with E-state index in [4.69, 9.17) is 28.3 Å². The standard InChI is InChI=1S/C12H11Cl2N3O3S/c1-12(2,11(19)20)4-7(18)15-8-5(13)3-6(14)9-10(8)17-21-16-9/h3H,4H2,1-2H3,(H,15,18)(H,19,20). The van der Waals surface area contributed by atoms with E-state index >= 15 is 0 Å². The molecule has 2 N–H and O–H groups in total.